The van der Waals surface area contributed by atoms with Gasteiger partial charge in [0, 0.05) is 71.0 Å². The highest BCUT2D eigenvalue weighted by molar-refractivity contribution is 5.73. The Morgan fingerprint density at radius 3 is 2.51 bits per heavy atom. The monoisotopic (exact) mass is 484 g/mol. The Hall–Kier alpha value is -2.87. The zero-order valence-electron chi connectivity index (χ0n) is 20.6. The first-order chi connectivity index (χ1) is 16.9. The van der Waals surface area contributed by atoms with Gasteiger partial charge in [-0.2, -0.15) is 5.26 Å². The van der Waals surface area contributed by atoms with Crippen LogP contribution in [0.2, 0.25) is 0 Å². The Kier molecular flexibility index (Phi) is 8.11. The van der Waals surface area contributed by atoms with Crippen LogP contribution in [0.4, 0.5) is 10.5 Å². The highest BCUT2D eigenvalue weighted by Crippen LogP contribution is 2.29. The summed E-state index contributed by atoms with van der Waals surface area (Å²) in [5.74, 6) is 0.0879. The van der Waals surface area contributed by atoms with Crippen molar-refractivity contribution in [3.8, 4) is 6.07 Å². The standard InChI is InChI=1S/C25H36N6O4/c1-18(29-10-12-30(13-11-29)19(2)32)24-23-17-28(15-22(35-23)16-31(24)25(33)34)9-3-8-27-21-6-4-20(14-26)5-7-21/h4-7,18,22-24,27H,3,8-13,15-17H2,1-2H3,(H,33,34). The van der Waals surface area contributed by atoms with Crippen LogP contribution in [0.1, 0.15) is 25.8 Å². The third kappa shape index (κ3) is 6.04. The van der Waals surface area contributed by atoms with Crippen LogP contribution in [0.25, 0.3) is 0 Å². The van der Waals surface area contributed by atoms with E-state index < -0.39 is 6.09 Å². The van der Waals surface area contributed by atoms with Crippen molar-refractivity contribution >= 4 is 17.7 Å². The lowest BCUT2D eigenvalue weighted by atomic mass is 9.94. The number of nitrogens with one attached hydrogen (secondary N) is 1. The van der Waals surface area contributed by atoms with Gasteiger partial charge in [0.2, 0.25) is 5.91 Å². The summed E-state index contributed by atoms with van der Waals surface area (Å²) in [6.45, 7) is 10.1. The fourth-order valence-corrected chi connectivity index (χ4v) is 5.60. The molecule has 3 aliphatic heterocycles. The lowest BCUT2D eigenvalue weighted by Crippen LogP contribution is -2.70. The molecule has 2 amide bonds. The predicted octanol–water partition coefficient (Wildman–Crippen LogP) is 1.34. The van der Waals surface area contributed by atoms with Crippen molar-refractivity contribution in [2.45, 2.75) is 44.6 Å². The third-order valence-electron chi connectivity index (χ3n) is 7.48. The van der Waals surface area contributed by atoms with Gasteiger partial charge in [0.1, 0.15) is 0 Å². The maximum absolute atomic E-state index is 12.2. The van der Waals surface area contributed by atoms with Crippen molar-refractivity contribution in [2.75, 3.05) is 64.2 Å². The van der Waals surface area contributed by atoms with Gasteiger partial charge in [-0.15, -0.1) is 0 Å². The number of benzene rings is 1. The molecule has 190 valence electrons. The third-order valence-corrected chi connectivity index (χ3v) is 7.48. The highest BCUT2D eigenvalue weighted by Gasteiger charge is 2.47. The minimum atomic E-state index is -0.886. The highest BCUT2D eigenvalue weighted by atomic mass is 16.5. The molecule has 3 aliphatic rings. The molecule has 1 aromatic carbocycles. The van der Waals surface area contributed by atoms with E-state index in [-0.39, 0.29) is 30.2 Å². The van der Waals surface area contributed by atoms with Crippen LogP contribution < -0.4 is 5.32 Å². The van der Waals surface area contributed by atoms with E-state index in [0.717, 1.165) is 44.8 Å². The summed E-state index contributed by atoms with van der Waals surface area (Å²) in [6, 6.07) is 9.33. The Morgan fingerprint density at radius 2 is 1.89 bits per heavy atom. The maximum atomic E-state index is 12.2. The Bertz CT molecular complexity index is 927. The number of amides is 2. The number of carbonyl (C=O) groups is 2. The number of piperazine rings is 1. The topological polar surface area (TPSA) is 112 Å². The Labute approximate surface area is 207 Å². The average molecular weight is 485 g/mol. The van der Waals surface area contributed by atoms with Crippen molar-refractivity contribution in [2.24, 2.45) is 0 Å². The molecule has 0 spiro atoms. The van der Waals surface area contributed by atoms with E-state index in [0.29, 0.717) is 31.7 Å². The van der Waals surface area contributed by atoms with Crippen LogP contribution >= 0.6 is 0 Å². The second-order valence-corrected chi connectivity index (χ2v) is 9.73. The molecule has 4 atom stereocenters. The van der Waals surface area contributed by atoms with Gasteiger partial charge in [-0.25, -0.2) is 4.79 Å². The van der Waals surface area contributed by atoms with E-state index in [4.69, 9.17) is 10.00 Å². The first-order valence-corrected chi connectivity index (χ1v) is 12.5. The molecule has 0 radical (unpaired) electrons. The average Bonchev–Trinajstić information content (AvgIpc) is 2.86. The van der Waals surface area contributed by atoms with Crippen molar-refractivity contribution in [3.05, 3.63) is 29.8 Å². The maximum Gasteiger partial charge on any atom is 0.407 e. The van der Waals surface area contributed by atoms with Gasteiger partial charge < -0.3 is 20.1 Å². The fourth-order valence-electron chi connectivity index (χ4n) is 5.60. The predicted molar refractivity (Wildman–Crippen MR) is 131 cm³/mol. The number of anilines is 1. The van der Waals surface area contributed by atoms with Gasteiger partial charge in [-0.05, 0) is 37.6 Å². The van der Waals surface area contributed by atoms with Gasteiger partial charge in [0.15, 0.2) is 0 Å². The molecule has 4 rings (SSSR count). The summed E-state index contributed by atoms with van der Waals surface area (Å²) >= 11 is 0. The number of nitrogens with zero attached hydrogens (tertiary/aromatic N) is 5. The molecule has 3 heterocycles. The molecule has 35 heavy (non-hydrogen) atoms. The number of hydrogen-bond donors (Lipinski definition) is 2. The second-order valence-electron chi connectivity index (χ2n) is 9.73. The molecular weight excluding hydrogens is 448 g/mol. The minimum absolute atomic E-state index is 0.00385. The SMILES string of the molecule is CC(=O)N1CCN(C(C)C2C3CN(CCCNc4ccc(C#N)cc4)CC(CN2C(=O)O)O3)CC1. The second kappa shape index (κ2) is 11.2. The number of carbonyl (C=O) groups excluding carboxylic acids is 1. The summed E-state index contributed by atoms with van der Waals surface area (Å²) in [5.41, 5.74) is 1.65. The van der Waals surface area contributed by atoms with Crippen LogP contribution in [0.5, 0.6) is 0 Å². The van der Waals surface area contributed by atoms with E-state index in [1.165, 1.54) is 0 Å². The largest absolute Gasteiger partial charge is 0.465 e. The van der Waals surface area contributed by atoms with Gasteiger partial charge >= 0.3 is 6.09 Å². The summed E-state index contributed by atoms with van der Waals surface area (Å²) in [4.78, 5) is 32.0. The van der Waals surface area contributed by atoms with Crippen LogP contribution in [0.15, 0.2) is 24.3 Å². The molecule has 0 aliphatic carbocycles. The van der Waals surface area contributed by atoms with Gasteiger partial charge in [0.05, 0.1) is 36.4 Å². The van der Waals surface area contributed by atoms with E-state index in [1.54, 1.807) is 24.0 Å². The zero-order chi connectivity index (χ0) is 24.9. The quantitative estimate of drug-likeness (QED) is 0.558. The lowest BCUT2D eigenvalue weighted by Gasteiger charge is -2.53. The number of ether oxygens (including phenoxy) is 1. The van der Waals surface area contributed by atoms with Crippen LogP contribution in [0.3, 0.4) is 0 Å². The number of rotatable bonds is 7. The van der Waals surface area contributed by atoms with Crippen LogP contribution in [-0.4, -0.2) is 120 Å². The van der Waals surface area contributed by atoms with E-state index >= 15 is 0 Å². The smallest absolute Gasteiger partial charge is 0.407 e. The molecule has 1 aromatic rings. The molecule has 4 unspecified atom stereocenters. The summed E-state index contributed by atoms with van der Waals surface area (Å²) in [7, 11) is 0. The molecule has 3 fully saturated rings. The molecular formula is C25H36N6O4. The Balaban J connectivity index is 1.32. The molecule has 2 bridgehead atoms. The van der Waals surface area contributed by atoms with Crippen molar-refractivity contribution in [3.63, 3.8) is 0 Å². The zero-order valence-corrected chi connectivity index (χ0v) is 20.6. The van der Waals surface area contributed by atoms with Crippen molar-refractivity contribution in [1.29, 1.82) is 5.26 Å². The van der Waals surface area contributed by atoms with Gasteiger partial charge in [0.25, 0.3) is 0 Å². The molecule has 0 saturated carbocycles. The van der Waals surface area contributed by atoms with Crippen LogP contribution in [0, 0.1) is 11.3 Å². The van der Waals surface area contributed by atoms with E-state index in [1.807, 2.05) is 17.0 Å². The van der Waals surface area contributed by atoms with E-state index in [2.05, 4.69) is 28.1 Å². The minimum Gasteiger partial charge on any atom is -0.465 e. The number of hydrogen-bond acceptors (Lipinski definition) is 7. The molecule has 2 N–H and O–H groups in total. The normalized spacial score (nSPS) is 26.1. The van der Waals surface area contributed by atoms with E-state index in [9.17, 15) is 14.7 Å². The number of morpholine rings is 2. The summed E-state index contributed by atoms with van der Waals surface area (Å²) < 4.78 is 6.33. The summed E-state index contributed by atoms with van der Waals surface area (Å²) in [6.07, 6.45) is -0.224. The number of nitriles is 1. The number of fused-ring (bicyclic) bond motifs is 2. The fraction of sp³-hybridized carbons (Fsp3) is 0.640. The van der Waals surface area contributed by atoms with Crippen molar-refractivity contribution in [1.82, 2.24) is 19.6 Å². The Morgan fingerprint density at radius 1 is 1.17 bits per heavy atom. The lowest BCUT2D eigenvalue weighted by molar-refractivity contribution is -0.171. The molecule has 0 aromatic heterocycles. The first-order valence-electron chi connectivity index (χ1n) is 12.5. The molecule has 3 saturated heterocycles. The number of carboxylic acid groups (broad SMARTS) is 1. The molecule has 10 nitrogen and oxygen atoms in total. The van der Waals surface area contributed by atoms with Gasteiger partial charge in [-0.1, -0.05) is 0 Å². The van der Waals surface area contributed by atoms with Gasteiger partial charge in [-0.3, -0.25) is 19.5 Å². The summed E-state index contributed by atoms with van der Waals surface area (Å²) in [5, 5.41) is 22.3. The van der Waals surface area contributed by atoms with Crippen LogP contribution in [-0.2, 0) is 9.53 Å². The van der Waals surface area contributed by atoms with Crippen molar-refractivity contribution < 1.29 is 19.4 Å². The first kappa shape index (κ1) is 25.2. The molecule has 10 heteroatoms.